The normalized spacial score (nSPS) is 12.7. The molecule has 5 rings (SSSR count). The van der Waals surface area contributed by atoms with Crippen molar-refractivity contribution in [3.05, 3.63) is 105 Å². The Labute approximate surface area is 190 Å². The SMILES string of the molecule is CCc1ccc(C(=O)c2cn(Cc3ccccc3F)c3cc4c(cc3c2=O)OCCO4)cc1. The van der Waals surface area contributed by atoms with E-state index in [-0.39, 0.29) is 23.7 Å². The minimum Gasteiger partial charge on any atom is -0.486 e. The van der Waals surface area contributed by atoms with Crippen molar-refractivity contribution in [2.24, 2.45) is 0 Å². The second kappa shape index (κ2) is 8.54. The van der Waals surface area contributed by atoms with Crippen molar-refractivity contribution in [1.82, 2.24) is 4.57 Å². The summed E-state index contributed by atoms with van der Waals surface area (Å²) in [6.45, 7) is 2.97. The molecule has 2 heterocycles. The highest BCUT2D eigenvalue weighted by Gasteiger charge is 2.21. The van der Waals surface area contributed by atoms with Crippen LogP contribution in [0.5, 0.6) is 11.5 Å². The molecule has 33 heavy (non-hydrogen) atoms. The topological polar surface area (TPSA) is 57.5 Å². The lowest BCUT2D eigenvalue weighted by Gasteiger charge is -2.21. The molecule has 1 aliphatic heterocycles. The number of pyridine rings is 1. The summed E-state index contributed by atoms with van der Waals surface area (Å²) in [7, 11) is 0. The zero-order chi connectivity index (χ0) is 22.9. The van der Waals surface area contributed by atoms with Crippen molar-refractivity contribution in [2.45, 2.75) is 19.9 Å². The molecule has 0 fully saturated rings. The fourth-order valence-corrected chi connectivity index (χ4v) is 4.08. The summed E-state index contributed by atoms with van der Waals surface area (Å²) < 4.78 is 27.5. The number of fused-ring (bicyclic) bond motifs is 2. The van der Waals surface area contributed by atoms with Gasteiger partial charge in [0.05, 0.1) is 23.0 Å². The predicted octanol–water partition coefficient (Wildman–Crippen LogP) is 4.75. The lowest BCUT2D eigenvalue weighted by Crippen LogP contribution is -2.22. The van der Waals surface area contributed by atoms with Gasteiger partial charge in [-0.05, 0) is 24.1 Å². The van der Waals surface area contributed by atoms with Gasteiger partial charge in [0.25, 0.3) is 0 Å². The van der Waals surface area contributed by atoms with Gasteiger partial charge in [-0.3, -0.25) is 9.59 Å². The van der Waals surface area contributed by atoms with Crippen LogP contribution in [0.4, 0.5) is 4.39 Å². The van der Waals surface area contributed by atoms with Crippen LogP contribution in [-0.4, -0.2) is 23.6 Å². The smallest absolute Gasteiger partial charge is 0.200 e. The third-order valence-corrected chi connectivity index (χ3v) is 5.91. The Morgan fingerprint density at radius 2 is 1.70 bits per heavy atom. The van der Waals surface area contributed by atoms with Crippen LogP contribution in [0.2, 0.25) is 0 Å². The van der Waals surface area contributed by atoms with E-state index in [1.807, 2.05) is 19.1 Å². The molecule has 0 radical (unpaired) electrons. The number of nitrogens with zero attached hydrogens (tertiary/aromatic N) is 1. The minimum absolute atomic E-state index is 0.0276. The van der Waals surface area contributed by atoms with E-state index in [4.69, 9.17) is 9.47 Å². The first kappa shape index (κ1) is 20.9. The number of carbonyl (C=O) groups is 1. The number of aryl methyl sites for hydroxylation is 1. The van der Waals surface area contributed by atoms with E-state index in [0.717, 1.165) is 12.0 Å². The Balaban J connectivity index is 1.70. The second-order valence-electron chi connectivity index (χ2n) is 7.98. The number of hydrogen-bond acceptors (Lipinski definition) is 4. The van der Waals surface area contributed by atoms with E-state index in [9.17, 15) is 14.0 Å². The van der Waals surface area contributed by atoms with Crippen molar-refractivity contribution in [1.29, 1.82) is 0 Å². The molecule has 0 unspecified atom stereocenters. The summed E-state index contributed by atoms with van der Waals surface area (Å²) in [6.07, 6.45) is 2.37. The van der Waals surface area contributed by atoms with Crippen LogP contribution < -0.4 is 14.9 Å². The first-order valence-corrected chi connectivity index (χ1v) is 10.9. The van der Waals surface area contributed by atoms with Crippen molar-refractivity contribution >= 4 is 16.7 Å². The maximum Gasteiger partial charge on any atom is 0.200 e. The summed E-state index contributed by atoms with van der Waals surface area (Å²) in [6, 6.07) is 17.0. The number of aromatic nitrogens is 1. The van der Waals surface area contributed by atoms with Crippen molar-refractivity contribution < 1.29 is 18.7 Å². The van der Waals surface area contributed by atoms with Crippen LogP contribution in [0.3, 0.4) is 0 Å². The molecule has 0 spiro atoms. The highest BCUT2D eigenvalue weighted by atomic mass is 19.1. The lowest BCUT2D eigenvalue weighted by atomic mass is 10.00. The number of rotatable bonds is 5. The standard InChI is InChI=1S/C27H22FNO4/c1-2-17-7-9-18(10-8-17)26(30)21-16-29(15-19-5-3-4-6-22(19)28)23-14-25-24(32-11-12-33-25)13-20(23)27(21)31/h3-10,13-14,16H,2,11-12,15H2,1H3. The molecule has 0 saturated heterocycles. The second-order valence-corrected chi connectivity index (χ2v) is 7.98. The van der Waals surface area contributed by atoms with Crippen LogP contribution in [0.1, 0.15) is 34.0 Å². The predicted molar refractivity (Wildman–Crippen MR) is 124 cm³/mol. The summed E-state index contributed by atoms with van der Waals surface area (Å²) in [5.41, 5.74) is 2.16. The van der Waals surface area contributed by atoms with Gasteiger partial charge in [-0.1, -0.05) is 49.4 Å². The van der Waals surface area contributed by atoms with Gasteiger partial charge in [0.1, 0.15) is 19.0 Å². The van der Waals surface area contributed by atoms with Crippen molar-refractivity contribution in [3.8, 4) is 11.5 Å². The summed E-state index contributed by atoms with van der Waals surface area (Å²) >= 11 is 0. The van der Waals surface area contributed by atoms with Crippen LogP contribution in [-0.2, 0) is 13.0 Å². The molecule has 1 aliphatic rings. The molecule has 0 N–H and O–H groups in total. The molecule has 166 valence electrons. The Bertz CT molecular complexity index is 1420. The van der Waals surface area contributed by atoms with E-state index in [2.05, 4.69) is 0 Å². The van der Waals surface area contributed by atoms with E-state index in [1.165, 1.54) is 12.3 Å². The molecule has 4 aromatic rings. The quantitative estimate of drug-likeness (QED) is 0.418. The van der Waals surface area contributed by atoms with Gasteiger partial charge in [-0.25, -0.2) is 4.39 Å². The molecule has 6 heteroatoms. The zero-order valence-corrected chi connectivity index (χ0v) is 18.1. The summed E-state index contributed by atoms with van der Waals surface area (Å²) in [5, 5.41) is 0.326. The van der Waals surface area contributed by atoms with Gasteiger partial charge in [0.2, 0.25) is 5.43 Å². The average Bonchev–Trinajstić information content (AvgIpc) is 2.85. The van der Waals surface area contributed by atoms with E-state index < -0.39 is 5.43 Å². The third-order valence-electron chi connectivity index (χ3n) is 5.91. The molecule has 1 aromatic heterocycles. The zero-order valence-electron chi connectivity index (χ0n) is 18.1. The number of benzene rings is 3. The van der Waals surface area contributed by atoms with Crippen LogP contribution >= 0.6 is 0 Å². The maximum atomic E-state index is 14.4. The molecule has 3 aromatic carbocycles. The number of ether oxygens (including phenoxy) is 2. The van der Waals surface area contributed by atoms with E-state index in [0.29, 0.717) is 46.7 Å². The number of ketones is 1. The number of halogens is 1. The van der Waals surface area contributed by atoms with Crippen LogP contribution in [0, 0.1) is 5.82 Å². The summed E-state index contributed by atoms with van der Waals surface area (Å²) in [4.78, 5) is 26.7. The molecule has 5 nitrogen and oxygen atoms in total. The molecule has 0 aliphatic carbocycles. The van der Waals surface area contributed by atoms with Gasteiger partial charge < -0.3 is 14.0 Å². The van der Waals surface area contributed by atoms with Crippen molar-refractivity contribution in [2.75, 3.05) is 13.2 Å². The average molecular weight is 443 g/mol. The Hall–Kier alpha value is -3.93. The van der Waals surface area contributed by atoms with Crippen LogP contribution in [0.25, 0.3) is 10.9 Å². The molecule has 0 bridgehead atoms. The maximum absolute atomic E-state index is 14.4. The Kier molecular flexibility index (Phi) is 5.42. The monoisotopic (exact) mass is 443 g/mol. The fourth-order valence-electron chi connectivity index (χ4n) is 4.08. The number of carbonyl (C=O) groups excluding carboxylic acids is 1. The van der Waals surface area contributed by atoms with Gasteiger partial charge in [0.15, 0.2) is 17.3 Å². The highest BCUT2D eigenvalue weighted by Crippen LogP contribution is 2.34. The summed E-state index contributed by atoms with van der Waals surface area (Å²) in [5.74, 6) is 0.247. The molecular formula is C27H22FNO4. The van der Waals surface area contributed by atoms with E-state index >= 15 is 0 Å². The Morgan fingerprint density at radius 3 is 2.39 bits per heavy atom. The molecule has 0 saturated carbocycles. The van der Waals surface area contributed by atoms with Gasteiger partial charge >= 0.3 is 0 Å². The largest absolute Gasteiger partial charge is 0.486 e. The lowest BCUT2D eigenvalue weighted by molar-refractivity contribution is 0.103. The van der Waals surface area contributed by atoms with E-state index in [1.54, 1.807) is 47.0 Å². The minimum atomic E-state index is -0.392. The molecule has 0 atom stereocenters. The number of hydrogen-bond donors (Lipinski definition) is 0. The van der Waals surface area contributed by atoms with Gasteiger partial charge in [-0.2, -0.15) is 0 Å². The van der Waals surface area contributed by atoms with Gasteiger partial charge in [0, 0.05) is 23.4 Å². The fraction of sp³-hybridized carbons (Fsp3) is 0.185. The first-order chi connectivity index (χ1) is 16.0. The third kappa shape index (κ3) is 3.89. The molecular weight excluding hydrogens is 421 g/mol. The van der Waals surface area contributed by atoms with Crippen molar-refractivity contribution in [3.63, 3.8) is 0 Å². The highest BCUT2D eigenvalue weighted by molar-refractivity contribution is 6.10. The van der Waals surface area contributed by atoms with Gasteiger partial charge in [-0.15, -0.1) is 0 Å². The Morgan fingerprint density at radius 1 is 1.00 bits per heavy atom. The first-order valence-electron chi connectivity index (χ1n) is 10.9. The van der Waals surface area contributed by atoms with Crippen LogP contribution in [0.15, 0.2) is 71.7 Å². The molecule has 0 amide bonds.